The number of hydrogen-bond donors (Lipinski definition) is 0. The van der Waals surface area contributed by atoms with Crippen LogP contribution in [-0.4, -0.2) is 27.1 Å². The van der Waals surface area contributed by atoms with E-state index in [-0.39, 0.29) is 17.9 Å². The number of amides is 1. The smallest absolute Gasteiger partial charge is 0.334 e. The van der Waals surface area contributed by atoms with Crippen molar-refractivity contribution in [3.63, 3.8) is 0 Å². The molecule has 1 aromatic rings. The molecule has 0 saturated carbocycles. The Kier molecular flexibility index (Phi) is 4.82. The number of hydrogen-bond acceptors (Lipinski definition) is 2. The standard InChI is InChI=1S/C15H22F3N3O/c1-10(2)14(22)21-8-6-4-5-7-11(21)12-9-13(15(16,17)18)19-20(12)3/h9-11H,4-8H2,1-3H3/t11-/m1/s1. The lowest BCUT2D eigenvalue weighted by Crippen LogP contribution is -2.38. The first kappa shape index (κ1) is 16.8. The number of nitrogens with zero attached hydrogens (tertiary/aromatic N) is 3. The minimum Gasteiger partial charge on any atom is -0.334 e. The summed E-state index contributed by atoms with van der Waals surface area (Å²) in [5, 5.41) is 3.58. The molecule has 124 valence electrons. The van der Waals surface area contributed by atoms with Crippen molar-refractivity contribution < 1.29 is 18.0 Å². The number of rotatable bonds is 2. The van der Waals surface area contributed by atoms with Gasteiger partial charge in [0.25, 0.3) is 0 Å². The first-order valence-electron chi connectivity index (χ1n) is 7.63. The summed E-state index contributed by atoms with van der Waals surface area (Å²) in [6.45, 7) is 4.22. The van der Waals surface area contributed by atoms with Crippen molar-refractivity contribution >= 4 is 5.91 Å². The molecule has 1 atom stereocenters. The average molecular weight is 317 g/mol. The van der Waals surface area contributed by atoms with Gasteiger partial charge in [-0.15, -0.1) is 0 Å². The number of likely N-dealkylation sites (tertiary alicyclic amines) is 1. The van der Waals surface area contributed by atoms with Crippen LogP contribution in [0.1, 0.15) is 57.0 Å². The molecule has 7 heteroatoms. The predicted molar refractivity (Wildman–Crippen MR) is 76.0 cm³/mol. The zero-order valence-electron chi connectivity index (χ0n) is 13.2. The number of aryl methyl sites for hydroxylation is 1. The molecule has 1 saturated heterocycles. The number of carbonyl (C=O) groups excluding carboxylic acids is 1. The van der Waals surface area contributed by atoms with Crippen LogP contribution in [0.15, 0.2) is 6.07 Å². The van der Waals surface area contributed by atoms with E-state index in [1.165, 1.54) is 11.7 Å². The molecule has 0 radical (unpaired) electrons. The SMILES string of the molecule is CC(C)C(=O)N1CCCCC[C@@H]1c1cc(C(F)(F)F)nn1C. The maximum atomic E-state index is 12.9. The van der Waals surface area contributed by atoms with Crippen molar-refractivity contribution in [2.75, 3.05) is 6.54 Å². The Morgan fingerprint density at radius 3 is 2.55 bits per heavy atom. The van der Waals surface area contributed by atoms with Gasteiger partial charge in [-0.3, -0.25) is 9.48 Å². The lowest BCUT2D eigenvalue weighted by molar-refractivity contribution is -0.141. The van der Waals surface area contributed by atoms with Gasteiger partial charge in [-0.2, -0.15) is 18.3 Å². The fraction of sp³-hybridized carbons (Fsp3) is 0.733. The van der Waals surface area contributed by atoms with Gasteiger partial charge in [0.2, 0.25) is 5.91 Å². The number of aromatic nitrogens is 2. The molecule has 0 aliphatic carbocycles. The minimum atomic E-state index is -4.46. The third kappa shape index (κ3) is 3.44. The molecule has 22 heavy (non-hydrogen) atoms. The highest BCUT2D eigenvalue weighted by Gasteiger charge is 2.37. The topological polar surface area (TPSA) is 38.1 Å². The molecule has 0 spiro atoms. The van der Waals surface area contributed by atoms with Crippen LogP contribution in [0, 0.1) is 5.92 Å². The van der Waals surface area contributed by atoms with Crippen LogP contribution in [0.25, 0.3) is 0 Å². The van der Waals surface area contributed by atoms with Crippen molar-refractivity contribution in [2.24, 2.45) is 13.0 Å². The van der Waals surface area contributed by atoms with Crippen LogP contribution in [0.4, 0.5) is 13.2 Å². The maximum absolute atomic E-state index is 12.9. The fourth-order valence-electron chi connectivity index (χ4n) is 2.94. The first-order chi connectivity index (χ1) is 10.2. The van der Waals surface area contributed by atoms with Crippen LogP contribution in [0.2, 0.25) is 0 Å². The molecule has 0 unspecified atom stereocenters. The Hall–Kier alpha value is -1.53. The van der Waals surface area contributed by atoms with E-state index in [0.717, 1.165) is 25.3 Å². The zero-order chi connectivity index (χ0) is 16.5. The summed E-state index contributed by atoms with van der Waals surface area (Å²) in [5.74, 6) is -0.183. The Morgan fingerprint density at radius 2 is 2.00 bits per heavy atom. The molecule has 1 aliphatic heterocycles. The lowest BCUT2D eigenvalue weighted by Gasteiger charge is -2.31. The first-order valence-corrected chi connectivity index (χ1v) is 7.63. The summed E-state index contributed by atoms with van der Waals surface area (Å²) in [6.07, 6.45) is -1.01. The van der Waals surface area contributed by atoms with Gasteiger partial charge in [0.05, 0.1) is 11.7 Å². The van der Waals surface area contributed by atoms with Crippen LogP contribution in [0.3, 0.4) is 0 Å². The van der Waals surface area contributed by atoms with Gasteiger partial charge < -0.3 is 4.90 Å². The van der Waals surface area contributed by atoms with Crippen molar-refractivity contribution in [2.45, 2.75) is 51.7 Å². The van der Waals surface area contributed by atoms with E-state index >= 15 is 0 Å². The third-order valence-electron chi connectivity index (χ3n) is 4.08. The van der Waals surface area contributed by atoms with Crippen LogP contribution in [0.5, 0.6) is 0 Å². The highest BCUT2D eigenvalue weighted by molar-refractivity contribution is 5.78. The monoisotopic (exact) mass is 317 g/mol. The van der Waals surface area contributed by atoms with Gasteiger partial charge >= 0.3 is 6.18 Å². The van der Waals surface area contributed by atoms with Gasteiger partial charge in [0.15, 0.2) is 5.69 Å². The van der Waals surface area contributed by atoms with E-state index < -0.39 is 11.9 Å². The molecular formula is C15H22F3N3O. The Bertz CT molecular complexity index is 537. The summed E-state index contributed by atoms with van der Waals surface area (Å²) >= 11 is 0. The highest BCUT2D eigenvalue weighted by atomic mass is 19.4. The van der Waals surface area contributed by atoms with Gasteiger partial charge in [0.1, 0.15) is 0 Å². The van der Waals surface area contributed by atoms with E-state index in [4.69, 9.17) is 0 Å². The fourth-order valence-corrected chi connectivity index (χ4v) is 2.94. The summed E-state index contributed by atoms with van der Waals surface area (Å²) in [6, 6.07) is 0.752. The van der Waals surface area contributed by atoms with E-state index in [1.807, 2.05) is 13.8 Å². The number of halogens is 3. The molecule has 1 aromatic heterocycles. The van der Waals surface area contributed by atoms with Crippen LogP contribution in [-0.2, 0) is 18.0 Å². The third-order valence-corrected chi connectivity index (χ3v) is 4.08. The highest BCUT2D eigenvalue weighted by Crippen LogP contribution is 2.35. The number of alkyl halides is 3. The molecule has 1 fully saturated rings. The molecular weight excluding hydrogens is 295 g/mol. The normalized spacial score (nSPS) is 20.3. The molecule has 0 bridgehead atoms. The molecule has 0 N–H and O–H groups in total. The summed E-state index contributed by atoms with van der Waals surface area (Å²) in [4.78, 5) is 14.2. The van der Waals surface area contributed by atoms with Crippen molar-refractivity contribution in [3.8, 4) is 0 Å². The Balaban J connectivity index is 2.38. The second-order valence-electron chi connectivity index (χ2n) is 6.13. The largest absolute Gasteiger partial charge is 0.435 e. The van der Waals surface area contributed by atoms with Gasteiger partial charge in [-0.05, 0) is 18.9 Å². The van der Waals surface area contributed by atoms with Gasteiger partial charge in [0, 0.05) is 19.5 Å². The molecule has 1 amide bonds. The molecule has 1 aliphatic rings. The molecule has 0 aromatic carbocycles. The number of carbonyl (C=O) groups is 1. The second-order valence-corrected chi connectivity index (χ2v) is 6.13. The molecule has 4 nitrogen and oxygen atoms in total. The van der Waals surface area contributed by atoms with Gasteiger partial charge in [-0.25, -0.2) is 0 Å². The summed E-state index contributed by atoms with van der Waals surface area (Å²) < 4.78 is 39.8. The van der Waals surface area contributed by atoms with Crippen molar-refractivity contribution in [1.29, 1.82) is 0 Å². The summed E-state index contributed by atoms with van der Waals surface area (Å²) in [7, 11) is 1.51. The Morgan fingerprint density at radius 1 is 1.32 bits per heavy atom. The molecule has 2 heterocycles. The predicted octanol–water partition coefficient (Wildman–Crippen LogP) is 3.54. The quantitative estimate of drug-likeness (QED) is 0.837. The van der Waals surface area contributed by atoms with E-state index in [0.29, 0.717) is 18.7 Å². The van der Waals surface area contributed by atoms with E-state index in [9.17, 15) is 18.0 Å². The molecule has 2 rings (SSSR count). The second kappa shape index (κ2) is 6.30. The lowest BCUT2D eigenvalue weighted by atomic mass is 10.0. The average Bonchev–Trinajstić information content (AvgIpc) is 2.67. The van der Waals surface area contributed by atoms with Crippen LogP contribution >= 0.6 is 0 Å². The van der Waals surface area contributed by atoms with Crippen LogP contribution < -0.4 is 0 Å². The maximum Gasteiger partial charge on any atom is 0.435 e. The summed E-state index contributed by atoms with van der Waals surface area (Å²) in [5.41, 5.74) is -0.436. The minimum absolute atomic E-state index is 0.0124. The van der Waals surface area contributed by atoms with E-state index in [1.54, 1.807) is 4.90 Å². The Labute approximate surface area is 128 Å². The van der Waals surface area contributed by atoms with Crippen molar-refractivity contribution in [3.05, 3.63) is 17.5 Å². The van der Waals surface area contributed by atoms with Crippen molar-refractivity contribution in [1.82, 2.24) is 14.7 Å². The van der Waals surface area contributed by atoms with E-state index in [2.05, 4.69) is 5.10 Å². The van der Waals surface area contributed by atoms with Gasteiger partial charge in [-0.1, -0.05) is 26.7 Å². The zero-order valence-corrected chi connectivity index (χ0v) is 13.2.